The first kappa shape index (κ1) is 20.1. The molecule has 0 spiro atoms. The van der Waals surface area contributed by atoms with E-state index in [1.165, 1.54) is 29.5 Å². The van der Waals surface area contributed by atoms with Crippen molar-refractivity contribution in [3.8, 4) is 0 Å². The van der Waals surface area contributed by atoms with Gasteiger partial charge in [-0.2, -0.15) is 0 Å². The van der Waals surface area contributed by atoms with E-state index in [1.54, 1.807) is 12.1 Å². The number of halogens is 1. The van der Waals surface area contributed by atoms with Gasteiger partial charge in [0.05, 0.1) is 21.1 Å². The summed E-state index contributed by atoms with van der Waals surface area (Å²) in [5.41, 5.74) is 0.793. The van der Waals surface area contributed by atoms with Crippen LogP contribution in [0, 0.1) is 12.7 Å². The van der Waals surface area contributed by atoms with Crippen molar-refractivity contribution in [1.29, 1.82) is 0 Å². The molecule has 30 heavy (non-hydrogen) atoms. The summed E-state index contributed by atoms with van der Waals surface area (Å²) in [7, 11) is -3.99. The van der Waals surface area contributed by atoms with Crippen molar-refractivity contribution in [3.63, 3.8) is 0 Å². The molecule has 1 amide bonds. The lowest BCUT2D eigenvalue weighted by atomic mass is 10.1. The third-order valence-corrected chi connectivity index (χ3v) is 6.88. The average molecular weight is 441 g/mol. The lowest BCUT2D eigenvalue weighted by molar-refractivity contribution is 0.102. The molecule has 2 N–H and O–H groups in total. The summed E-state index contributed by atoms with van der Waals surface area (Å²) in [6.07, 6.45) is 0. The van der Waals surface area contributed by atoms with Crippen LogP contribution in [0.5, 0.6) is 0 Å². The molecule has 0 fully saturated rings. The van der Waals surface area contributed by atoms with Crippen LogP contribution in [0.15, 0.2) is 77.7 Å². The number of rotatable bonds is 5. The van der Waals surface area contributed by atoms with Crippen molar-refractivity contribution in [2.45, 2.75) is 11.8 Å². The van der Waals surface area contributed by atoms with Crippen LogP contribution in [0.25, 0.3) is 10.1 Å². The van der Waals surface area contributed by atoms with E-state index in [1.807, 2.05) is 37.3 Å². The minimum Gasteiger partial charge on any atom is -0.313 e. The number of amides is 1. The van der Waals surface area contributed by atoms with Gasteiger partial charge in [-0.25, -0.2) is 12.8 Å². The van der Waals surface area contributed by atoms with Gasteiger partial charge in [0.2, 0.25) is 0 Å². The largest absolute Gasteiger partial charge is 0.313 e. The van der Waals surface area contributed by atoms with Crippen molar-refractivity contribution in [2.75, 3.05) is 10.0 Å². The molecule has 0 aliphatic carbocycles. The fourth-order valence-electron chi connectivity index (χ4n) is 2.94. The van der Waals surface area contributed by atoms with Gasteiger partial charge in [0, 0.05) is 4.70 Å². The van der Waals surface area contributed by atoms with Crippen molar-refractivity contribution in [1.82, 2.24) is 0 Å². The molecule has 0 aliphatic heterocycles. The molecule has 5 nitrogen and oxygen atoms in total. The van der Waals surface area contributed by atoms with Gasteiger partial charge >= 0.3 is 0 Å². The number of thiophene rings is 1. The molecule has 0 unspecified atom stereocenters. The zero-order valence-electron chi connectivity index (χ0n) is 15.8. The van der Waals surface area contributed by atoms with Crippen LogP contribution in [0.2, 0.25) is 0 Å². The van der Waals surface area contributed by atoms with Gasteiger partial charge < -0.3 is 5.32 Å². The number of anilines is 2. The van der Waals surface area contributed by atoms with Gasteiger partial charge in [0.1, 0.15) is 5.82 Å². The Balaban J connectivity index is 1.64. The van der Waals surface area contributed by atoms with Crippen LogP contribution in [0.1, 0.15) is 15.9 Å². The second kappa shape index (κ2) is 7.89. The highest BCUT2D eigenvalue weighted by Gasteiger charge is 2.20. The molecule has 1 heterocycles. The molecule has 0 aliphatic rings. The van der Waals surface area contributed by atoms with Crippen LogP contribution in [-0.2, 0) is 10.0 Å². The first-order valence-electron chi connectivity index (χ1n) is 9.01. The second-order valence-electron chi connectivity index (χ2n) is 6.71. The number of nitrogens with one attached hydrogen (secondary N) is 2. The zero-order valence-corrected chi connectivity index (χ0v) is 17.5. The highest BCUT2D eigenvalue weighted by Crippen LogP contribution is 2.30. The Morgan fingerprint density at radius 3 is 2.43 bits per heavy atom. The molecule has 0 saturated carbocycles. The van der Waals surface area contributed by atoms with E-state index in [9.17, 15) is 17.6 Å². The molecule has 1 aromatic heterocycles. The Bertz CT molecular complexity index is 1310. The Kier molecular flexibility index (Phi) is 5.27. The first-order valence-corrected chi connectivity index (χ1v) is 11.3. The van der Waals surface area contributed by atoms with Crippen LogP contribution >= 0.6 is 11.3 Å². The number of carbonyl (C=O) groups excluding carboxylic acids is 1. The van der Waals surface area contributed by atoms with Crippen molar-refractivity contribution in [3.05, 3.63) is 89.7 Å². The first-order chi connectivity index (χ1) is 14.3. The summed E-state index contributed by atoms with van der Waals surface area (Å²) >= 11 is 1.40. The maximum absolute atomic E-state index is 13.8. The summed E-state index contributed by atoms with van der Waals surface area (Å²) in [5.74, 6) is -1.20. The zero-order chi connectivity index (χ0) is 21.3. The molecule has 4 rings (SSSR count). The van der Waals surface area contributed by atoms with Gasteiger partial charge in [-0.05, 0) is 54.8 Å². The fraction of sp³-hybridized carbons (Fsp3) is 0.0455. The predicted molar refractivity (Wildman–Crippen MR) is 118 cm³/mol. The third kappa shape index (κ3) is 4.19. The normalized spacial score (nSPS) is 11.4. The quantitative estimate of drug-likeness (QED) is 0.436. The van der Waals surface area contributed by atoms with Crippen LogP contribution in [0.3, 0.4) is 0 Å². The Labute approximate surface area is 177 Å². The number of fused-ring (bicyclic) bond motifs is 1. The summed E-state index contributed by atoms with van der Waals surface area (Å²) in [4.78, 5) is 12.8. The number of sulfonamides is 1. The van der Waals surface area contributed by atoms with E-state index in [-0.39, 0.29) is 16.1 Å². The van der Waals surface area contributed by atoms with Gasteiger partial charge in [-0.1, -0.05) is 35.9 Å². The number of aryl methyl sites for hydroxylation is 1. The van der Waals surface area contributed by atoms with Crippen LogP contribution < -0.4 is 10.0 Å². The molecule has 3 aromatic carbocycles. The van der Waals surface area contributed by atoms with Crippen LogP contribution in [-0.4, -0.2) is 14.3 Å². The molecule has 8 heteroatoms. The standard InChI is InChI=1S/C22H17FN2O3S2/c1-14-6-9-17(10-7-14)30(27,28)25-19-13-16(23)8-11-18(19)22(26)24-21-12-15-4-2-3-5-20(15)29-21/h2-13,25H,1H3,(H,24,26). The maximum Gasteiger partial charge on any atom is 0.261 e. The summed E-state index contributed by atoms with van der Waals surface area (Å²) in [5, 5.41) is 4.36. The van der Waals surface area contributed by atoms with E-state index >= 15 is 0 Å². The summed E-state index contributed by atoms with van der Waals surface area (Å²) in [6, 6.07) is 19.1. The molecule has 4 aromatic rings. The minimum atomic E-state index is -3.99. The van der Waals surface area contributed by atoms with Crippen LogP contribution in [0.4, 0.5) is 15.1 Å². The molecule has 0 atom stereocenters. The topological polar surface area (TPSA) is 75.3 Å². The number of benzene rings is 3. The van der Waals surface area contributed by atoms with Gasteiger partial charge in [-0.15, -0.1) is 11.3 Å². The fourth-order valence-corrected chi connectivity index (χ4v) is 4.97. The maximum atomic E-state index is 13.8. The lowest BCUT2D eigenvalue weighted by Gasteiger charge is -2.13. The SMILES string of the molecule is Cc1ccc(S(=O)(=O)Nc2cc(F)ccc2C(=O)Nc2cc3ccccc3s2)cc1. The van der Waals surface area contributed by atoms with E-state index in [0.29, 0.717) is 5.00 Å². The van der Waals surface area contributed by atoms with Crippen molar-refractivity contribution < 1.29 is 17.6 Å². The number of carbonyl (C=O) groups is 1. The summed E-state index contributed by atoms with van der Waals surface area (Å²) in [6.45, 7) is 1.84. The van der Waals surface area contributed by atoms with E-state index in [4.69, 9.17) is 0 Å². The van der Waals surface area contributed by atoms with E-state index < -0.39 is 21.7 Å². The summed E-state index contributed by atoms with van der Waals surface area (Å²) < 4.78 is 42.6. The van der Waals surface area contributed by atoms with Gasteiger partial charge in [0.15, 0.2) is 0 Å². The molecule has 0 bridgehead atoms. The molecular formula is C22H17FN2O3S2. The monoisotopic (exact) mass is 440 g/mol. The smallest absolute Gasteiger partial charge is 0.261 e. The molecular weight excluding hydrogens is 423 g/mol. The highest BCUT2D eigenvalue weighted by atomic mass is 32.2. The number of hydrogen-bond acceptors (Lipinski definition) is 4. The molecule has 0 radical (unpaired) electrons. The Hall–Kier alpha value is -3.23. The molecule has 0 saturated heterocycles. The van der Waals surface area contributed by atoms with Crippen molar-refractivity contribution in [2.24, 2.45) is 0 Å². The van der Waals surface area contributed by atoms with E-state index in [0.717, 1.165) is 27.8 Å². The number of hydrogen-bond donors (Lipinski definition) is 2. The Morgan fingerprint density at radius 2 is 1.70 bits per heavy atom. The minimum absolute atomic E-state index is 0.0181. The highest BCUT2D eigenvalue weighted by molar-refractivity contribution is 7.92. The third-order valence-electron chi connectivity index (χ3n) is 4.46. The van der Waals surface area contributed by atoms with Gasteiger partial charge in [0.25, 0.3) is 15.9 Å². The molecule has 152 valence electrons. The predicted octanol–water partition coefficient (Wildman–Crippen LogP) is 5.40. The van der Waals surface area contributed by atoms with Crippen molar-refractivity contribution >= 4 is 48.0 Å². The average Bonchev–Trinajstić information content (AvgIpc) is 3.10. The second-order valence-corrected chi connectivity index (χ2v) is 9.48. The Morgan fingerprint density at radius 1 is 0.967 bits per heavy atom. The van der Waals surface area contributed by atoms with Gasteiger partial charge in [-0.3, -0.25) is 9.52 Å². The lowest BCUT2D eigenvalue weighted by Crippen LogP contribution is -2.18. The van der Waals surface area contributed by atoms with E-state index in [2.05, 4.69) is 10.0 Å².